The number of nitrogens with one attached hydrogen (secondary N) is 1. The molecule has 1 N–H and O–H groups in total. The number of aromatic nitrogens is 1. The number of hydrogen-bond acceptors (Lipinski definition) is 4. The third-order valence-corrected chi connectivity index (χ3v) is 2.98. The summed E-state index contributed by atoms with van der Waals surface area (Å²) >= 11 is 0. The lowest BCUT2D eigenvalue weighted by Gasteiger charge is -2.06. The van der Waals surface area contributed by atoms with Crippen LogP contribution >= 0.6 is 0 Å². The number of rotatable bonds is 3. The Morgan fingerprint density at radius 1 is 1.67 bits per heavy atom. The minimum absolute atomic E-state index is 0. The number of nitrogens with zero attached hydrogens (tertiary/aromatic N) is 1. The Hall–Kier alpha value is -1.04. The molecule has 0 aliphatic rings. The molecule has 0 saturated heterocycles. The maximum absolute atomic E-state index is 11.2. The molecule has 0 bridgehead atoms. The molecule has 0 aliphatic heterocycles. The van der Waals surface area contributed by atoms with Gasteiger partial charge >= 0.3 is 6.01 Å². The second kappa shape index (κ2) is 3.14. The van der Waals surface area contributed by atoms with Crippen molar-refractivity contribution in [2.45, 2.75) is 19.1 Å². The molecule has 6 heteroatoms. The third kappa shape index (κ3) is 1.97. The van der Waals surface area contributed by atoms with Gasteiger partial charge in [0.2, 0.25) is 10.0 Å². The number of anilines is 1. The van der Waals surface area contributed by atoms with Crippen LogP contribution in [-0.2, 0) is 10.0 Å². The zero-order valence-electron chi connectivity index (χ0n) is 6.81. The fourth-order valence-electron chi connectivity index (χ4n) is 0.513. The van der Waals surface area contributed by atoms with E-state index in [1.54, 1.807) is 13.8 Å². The van der Waals surface area contributed by atoms with Crippen molar-refractivity contribution in [2.24, 2.45) is 0 Å². The van der Waals surface area contributed by atoms with Crippen LogP contribution in [0.2, 0.25) is 0 Å². The lowest BCUT2D eigenvalue weighted by atomic mass is 10.6. The van der Waals surface area contributed by atoms with Crippen LogP contribution in [0.1, 0.15) is 15.3 Å². The zero-order chi connectivity index (χ0) is 9.19. The molecule has 5 nitrogen and oxygen atoms in total. The predicted molar refractivity (Wildman–Crippen MR) is 46.3 cm³/mol. The summed E-state index contributed by atoms with van der Waals surface area (Å²) in [6.45, 7) is 3.15. The monoisotopic (exact) mass is 192 g/mol. The SMILES string of the molecule is CC(C)S(=O)(=O)Nc1ncco1.[HH]. The molecule has 1 aromatic rings. The van der Waals surface area contributed by atoms with Crippen molar-refractivity contribution < 1.29 is 14.3 Å². The fourth-order valence-corrected chi connectivity index (χ4v) is 1.09. The average molecular weight is 192 g/mol. The van der Waals surface area contributed by atoms with E-state index in [0.717, 1.165) is 0 Å². The first-order valence-electron chi connectivity index (χ1n) is 3.43. The molecule has 1 aromatic heterocycles. The molecule has 12 heavy (non-hydrogen) atoms. The van der Waals surface area contributed by atoms with E-state index < -0.39 is 15.3 Å². The minimum Gasteiger partial charge on any atom is -0.432 e. The van der Waals surface area contributed by atoms with Gasteiger partial charge in [-0.3, -0.25) is 0 Å². The average Bonchev–Trinajstić information content (AvgIpc) is 2.38. The van der Waals surface area contributed by atoms with Crippen molar-refractivity contribution in [2.75, 3.05) is 4.72 Å². The summed E-state index contributed by atoms with van der Waals surface area (Å²) < 4.78 is 29.3. The van der Waals surface area contributed by atoms with Gasteiger partial charge in [0, 0.05) is 1.43 Å². The summed E-state index contributed by atoms with van der Waals surface area (Å²) in [6, 6.07) is 0.00343. The summed E-state index contributed by atoms with van der Waals surface area (Å²) in [7, 11) is -3.33. The highest BCUT2D eigenvalue weighted by Crippen LogP contribution is 2.07. The highest BCUT2D eigenvalue weighted by molar-refractivity contribution is 7.93. The van der Waals surface area contributed by atoms with Gasteiger partial charge in [0.15, 0.2) is 0 Å². The molecule has 0 amide bonds. The summed E-state index contributed by atoms with van der Waals surface area (Å²) in [5.74, 6) is 0. The second-order valence-corrected chi connectivity index (χ2v) is 4.77. The fraction of sp³-hybridized carbons (Fsp3) is 0.500. The van der Waals surface area contributed by atoms with Gasteiger partial charge < -0.3 is 4.42 Å². The van der Waals surface area contributed by atoms with E-state index >= 15 is 0 Å². The molecule has 0 aliphatic carbocycles. The topological polar surface area (TPSA) is 72.2 Å². The Morgan fingerprint density at radius 3 is 2.75 bits per heavy atom. The lowest BCUT2D eigenvalue weighted by Crippen LogP contribution is -2.22. The van der Waals surface area contributed by atoms with Crippen molar-refractivity contribution >= 4 is 16.0 Å². The number of oxazole rings is 1. The summed E-state index contributed by atoms with van der Waals surface area (Å²) in [5.41, 5.74) is 0. The second-order valence-electron chi connectivity index (χ2n) is 2.53. The van der Waals surface area contributed by atoms with Crippen molar-refractivity contribution in [3.63, 3.8) is 0 Å². The minimum atomic E-state index is -3.33. The van der Waals surface area contributed by atoms with Crippen molar-refractivity contribution in [3.05, 3.63) is 12.5 Å². The van der Waals surface area contributed by atoms with Gasteiger partial charge in [-0.05, 0) is 13.8 Å². The van der Waals surface area contributed by atoms with Crippen LogP contribution < -0.4 is 4.72 Å². The molecule has 0 fully saturated rings. The van der Waals surface area contributed by atoms with Gasteiger partial charge in [0.25, 0.3) is 0 Å². The molecule has 0 spiro atoms. The standard InChI is InChI=1S/C6H10N2O3S.H2/c1-5(2)12(9,10)8-6-7-3-4-11-6;/h3-5H,1-2H3,(H,7,8);1H. The van der Waals surface area contributed by atoms with Gasteiger partial charge in [0.1, 0.15) is 6.26 Å². The Kier molecular flexibility index (Phi) is 2.37. The maximum atomic E-state index is 11.2. The van der Waals surface area contributed by atoms with E-state index in [1.807, 2.05) is 0 Å². The molecule has 0 unspecified atom stereocenters. The molecule has 1 heterocycles. The van der Waals surface area contributed by atoms with Gasteiger partial charge in [-0.1, -0.05) is 0 Å². The molecule has 70 valence electrons. The maximum Gasteiger partial charge on any atom is 0.308 e. The van der Waals surface area contributed by atoms with Gasteiger partial charge in [-0.15, -0.1) is 0 Å². The predicted octanol–water partition coefficient (Wildman–Crippen LogP) is 1.07. The quantitative estimate of drug-likeness (QED) is 0.777. The van der Waals surface area contributed by atoms with Gasteiger partial charge in [0.05, 0.1) is 11.4 Å². The van der Waals surface area contributed by atoms with Gasteiger partial charge in [-0.2, -0.15) is 0 Å². The van der Waals surface area contributed by atoms with Crippen LogP contribution in [-0.4, -0.2) is 18.7 Å². The van der Waals surface area contributed by atoms with E-state index in [-0.39, 0.29) is 7.44 Å². The van der Waals surface area contributed by atoms with Crippen LogP contribution in [0, 0.1) is 0 Å². The molecular weight excluding hydrogens is 180 g/mol. The van der Waals surface area contributed by atoms with E-state index in [9.17, 15) is 8.42 Å². The molecular formula is C6H12N2O3S. The molecule has 0 radical (unpaired) electrons. The first-order chi connectivity index (χ1) is 5.52. The Bertz CT molecular complexity index is 333. The highest BCUT2D eigenvalue weighted by Gasteiger charge is 2.17. The van der Waals surface area contributed by atoms with Crippen molar-refractivity contribution in [3.8, 4) is 0 Å². The van der Waals surface area contributed by atoms with E-state index in [2.05, 4.69) is 9.71 Å². The highest BCUT2D eigenvalue weighted by atomic mass is 32.2. The Morgan fingerprint density at radius 2 is 2.33 bits per heavy atom. The smallest absolute Gasteiger partial charge is 0.308 e. The lowest BCUT2D eigenvalue weighted by molar-refractivity contribution is 0.567. The van der Waals surface area contributed by atoms with E-state index in [0.29, 0.717) is 0 Å². The molecule has 0 atom stereocenters. The van der Waals surface area contributed by atoms with Crippen LogP contribution in [0.3, 0.4) is 0 Å². The van der Waals surface area contributed by atoms with E-state index in [1.165, 1.54) is 12.5 Å². The van der Waals surface area contributed by atoms with Gasteiger partial charge in [-0.25, -0.2) is 18.1 Å². The summed E-state index contributed by atoms with van der Waals surface area (Å²) in [5, 5.41) is -0.496. The van der Waals surface area contributed by atoms with Crippen molar-refractivity contribution in [1.82, 2.24) is 4.98 Å². The van der Waals surface area contributed by atoms with Crippen LogP contribution in [0.4, 0.5) is 6.01 Å². The Balaban J connectivity index is 0.00000144. The van der Waals surface area contributed by atoms with Crippen LogP contribution in [0.5, 0.6) is 0 Å². The molecule has 1 rings (SSSR count). The van der Waals surface area contributed by atoms with Crippen molar-refractivity contribution in [1.29, 1.82) is 0 Å². The third-order valence-electron chi connectivity index (χ3n) is 1.28. The van der Waals surface area contributed by atoms with Crippen LogP contribution in [0.25, 0.3) is 0 Å². The summed E-state index contributed by atoms with van der Waals surface area (Å²) in [4.78, 5) is 3.63. The number of sulfonamides is 1. The molecule has 0 saturated carbocycles. The van der Waals surface area contributed by atoms with Crippen LogP contribution in [0.15, 0.2) is 16.9 Å². The first kappa shape index (κ1) is 9.05. The van der Waals surface area contributed by atoms with E-state index in [4.69, 9.17) is 4.42 Å². The largest absolute Gasteiger partial charge is 0.432 e. The zero-order valence-corrected chi connectivity index (χ0v) is 7.63. The molecule has 0 aromatic carbocycles. The number of hydrogen-bond donors (Lipinski definition) is 1. The normalized spacial score (nSPS) is 11.9. The summed E-state index contributed by atoms with van der Waals surface area (Å²) in [6.07, 6.45) is 2.68. The Labute approximate surface area is 72.3 Å². The first-order valence-corrected chi connectivity index (χ1v) is 4.98.